The number of amides is 1. The van der Waals surface area contributed by atoms with Gasteiger partial charge in [0.15, 0.2) is 0 Å². The number of benzene rings is 2. The summed E-state index contributed by atoms with van der Waals surface area (Å²) in [5.74, 6) is 0.570. The van der Waals surface area contributed by atoms with Gasteiger partial charge in [-0.25, -0.2) is 8.42 Å². The second-order valence-corrected chi connectivity index (χ2v) is 11.0. The second-order valence-electron chi connectivity index (χ2n) is 9.09. The van der Waals surface area contributed by atoms with Crippen LogP contribution in [0.3, 0.4) is 0 Å². The fourth-order valence-corrected chi connectivity index (χ4v) is 5.84. The number of hydrogen-bond donors (Lipinski definition) is 0. The molecule has 1 saturated heterocycles. The Morgan fingerprint density at radius 2 is 1.65 bits per heavy atom. The molecule has 0 aromatic heterocycles. The van der Waals surface area contributed by atoms with Crippen molar-refractivity contribution in [2.24, 2.45) is 5.92 Å². The average Bonchev–Trinajstić information content (AvgIpc) is 2.77. The summed E-state index contributed by atoms with van der Waals surface area (Å²) in [6.07, 6.45) is 5.84. The molecule has 0 bridgehead atoms. The lowest BCUT2D eigenvalue weighted by Gasteiger charge is -2.39. The van der Waals surface area contributed by atoms with Gasteiger partial charge in [-0.1, -0.05) is 54.1 Å². The largest absolute Gasteiger partial charge is 0.341 e. The van der Waals surface area contributed by atoms with Gasteiger partial charge < -0.3 is 4.90 Å². The molecule has 2 heterocycles. The van der Waals surface area contributed by atoms with Gasteiger partial charge in [-0.3, -0.25) is 4.79 Å². The number of carbonyl (C=O) groups excluding carboxylic acids is 1. The van der Waals surface area contributed by atoms with E-state index in [-0.39, 0.29) is 12.5 Å². The Balaban J connectivity index is 1.37. The first-order valence-corrected chi connectivity index (χ1v) is 13.0. The van der Waals surface area contributed by atoms with Crippen LogP contribution < -0.4 is 0 Å². The highest BCUT2D eigenvalue weighted by Crippen LogP contribution is 2.29. The highest BCUT2D eigenvalue weighted by Gasteiger charge is 2.39. The molecule has 2 aromatic carbocycles. The fraction of sp³-hybridized carbons (Fsp3) is 0.480. The van der Waals surface area contributed by atoms with Gasteiger partial charge in [0, 0.05) is 19.6 Å². The van der Waals surface area contributed by atoms with E-state index in [0.29, 0.717) is 25.4 Å². The van der Waals surface area contributed by atoms with E-state index in [4.69, 9.17) is 0 Å². The van der Waals surface area contributed by atoms with E-state index in [0.717, 1.165) is 36.8 Å². The summed E-state index contributed by atoms with van der Waals surface area (Å²) < 4.78 is 26.3. The lowest BCUT2D eigenvalue weighted by molar-refractivity contribution is -0.137. The maximum Gasteiger partial charge on any atom is 0.241 e. The normalized spacial score (nSPS) is 20.5. The Bertz CT molecular complexity index is 1020. The van der Waals surface area contributed by atoms with Gasteiger partial charge in [0.2, 0.25) is 15.9 Å². The van der Waals surface area contributed by atoms with Crippen molar-refractivity contribution in [1.29, 1.82) is 0 Å². The Kier molecular flexibility index (Phi) is 6.49. The smallest absolute Gasteiger partial charge is 0.241 e. The van der Waals surface area contributed by atoms with Gasteiger partial charge in [0.25, 0.3) is 0 Å². The van der Waals surface area contributed by atoms with Crippen LogP contribution in [-0.4, -0.2) is 48.9 Å². The fourth-order valence-electron chi connectivity index (χ4n) is 4.84. The molecule has 2 aromatic rings. The SMILES string of the molecule is Cc1ccc(CCC2CCN(C(=O)[C@H]3Cc4ccccc4CN3S(C)(=O)=O)CC2)cc1. The number of hydrogen-bond acceptors (Lipinski definition) is 3. The van der Waals surface area contributed by atoms with Gasteiger partial charge in [0.1, 0.15) is 6.04 Å². The van der Waals surface area contributed by atoms with Crippen LogP contribution in [-0.2, 0) is 34.2 Å². The van der Waals surface area contributed by atoms with Crippen molar-refractivity contribution in [3.8, 4) is 0 Å². The van der Waals surface area contributed by atoms with E-state index in [1.807, 2.05) is 29.2 Å². The standard InChI is InChI=1S/C25H32N2O3S/c1-19-7-9-20(10-8-19)11-12-21-13-15-26(16-14-21)25(28)24-17-22-5-3-4-6-23(22)18-27(24)31(2,29)30/h3-10,21,24H,11-18H2,1-2H3/t24-/m1/s1. The molecule has 2 aliphatic rings. The molecule has 0 aliphatic carbocycles. The molecular formula is C25H32N2O3S. The number of nitrogens with zero attached hydrogens (tertiary/aromatic N) is 2. The molecule has 31 heavy (non-hydrogen) atoms. The summed E-state index contributed by atoms with van der Waals surface area (Å²) in [5, 5.41) is 0. The zero-order valence-corrected chi connectivity index (χ0v) is 19.3. The summed E-state index contributed by atoms with van der Waals surface area (Å²) in [6.45, 7) is 3.81. The maximum atomic E-state index is 13.4. The van der Waals surface area contributed by atoms with E-state index < -0.39 is 16.1 Å². The molecule has 4 rings (SSSR count). The number of aryl methyl sites for hydroxylation is 2. The molecule has 5 nitrogen and oxygen atoms in total. The summed E-state index contributed by atoms with van der Waals surface area (Å²) in [7, 11) is -3.47. The monoisotopic (exact) mass is 440 g/mol. The van der Waals surface area contributed by atoms with Gasteiger partial charge in [-0.05, 0) is 61.6 Å². The summed E-state index contributed by atoms with van der Waals surface area (Å²) in [6, 6.07) is 15.9. The van der Waals surface area contributed by atoms with Crippen LogP contribution in [0, 0.1) is 12.8 Å². The van der Waals surface area contributed by atoms with Gasteiger partial charge in [0.05, 0.1) is 6.26 Å². The van der Waals surface area contributed by atoms with Crippen molar-refractivity contribution in [2.45, 2.75) is 51.6 Å². The van der Waals surface area contributed by atoms with Crippen LogP contribution >= 0.6 is 0 Å². The molecule has 166 valence electrons. The molecule has 2 aliphatic heterocycles. The molecule has 0 N–H and O–H groups in total. The zero-order chi connectivity index (χ0) is 22.0. The molecular weight excluding hydrogens is 408 g/mol. The van der Waals surface area contributed by atoms with Crippen LogP contribution in [0.1, 0.15) is 41.5 Å². The van der Waals surface area contributed by atoms with Crippen LogP contribution in [0.15, 0.2) is 48.5 Å². The third-order valence-electron chi connectivity index (χ3n) is 6.80. The minimum absolute atomic E-state index is 0.0445. The Morgan fingerprint density at radius 3 is 2.29 bits per heavy atom. The predicted octanol–water partition coefficient (Wildman–Crippen LogP) is 3.55. The first-order valence-electron chi connectivity index (χ1n) is 11.2. The van der Waals surface area contributed by atoms with Crippen LogP contribution in [0.5, 0.6) is 0 Å². The van der Waals surface area contributed by atoms with Gasteiger partial charge >= 0.3 is 0 Å². The molecule has 1 amide bonds. The van der Waals surface area contributed by atoms with Crippen LogP contribution in [0.25, 0.3) is 0 Å². The Labute approximate surface area is 186 Å². The summed E-state index contributed by atoms with van der Waals surface area (Å²) in [4.78, 5) is 15.2. The number of carbonyl (C=O) groups is 1. The van der Waals surface area contributed by atoms with Crippen molar-refractivity contribution >= 4 is 15.9 Å². The number of fused-ring (bicyclic) bond motifs is 1. The van der Waals surface area contributed by atoms with Gasteiger partial charge in [-0.15, -0.1) is 0 Å². The van der Waals surface area contributed by atoms with E-state index in [1.165, 1.54) is 21.7 Å². The van der Waals surface area contributed by atoms with Crippen LogP contribution in [0.2, 0.25) is 0 Å². The van der Waals surface area contributed by atoms with Crippen LogP contribution in [0.4, 0.5) is 0 Å². The Morgan fingerprint density at radius 1 is 1.00 bits per heavy atom. The van der Waals surface area contributed by atoms with Crippen molar-refractivity contribution in [2.75, 3.05) is 19.3 Å². The topological polar surface area (TPSA) is 57.7 Å². The van der Waals surface area contributed by atoms with Crippen molar-refractivity contribution in [3.05, 3.63) is 70.8 Å². The number of piperidine rings is 1. The van der Waals surface area contributed by atoms with Crippen molar-refractivity contribution in [1.82, 2.24) is 9.21 Å². The predicted molar refractivity (Wildman–Crippen MR) is 123 cm³/mol. The molecule has 0 unspecified atom stereocenters. The minimum atomic E-state index is -3.47. The lowest BCUT2D eigenvalue weighted by Crippen LogP contribution is -2.54. The highest BCUT2D eigenvalue weighted by atomic mass is 32.2. The van der Waals surface area contributed by atoms with E-state index in [2.05, 4.69) is 31.2 Å². The third kappa shape index (κ3) is 5.18. The number of rotatable bonds is 5. The van der Waals surface area contributed by atoms with Gasteiger partial charge in [-0.2, -0.15) is 4.31 Å². The maximum absolute atomic E-state index is 13.4. The molecule has 1 atom stereocenters. The first-order chi connectivity index (χ1) is 14.8. The first kappa shape index (κ1) is 22.0. The summed E-state index contributed by atoms with van der Waals surface area (Å²) in [5.41, 5.74) is 4.72. The highest BCUT2D eigenvalue weighted by molar-refractivity contribution is 7.88. The molecule has 1 fully saturated rings. The zero-order valence-electron chi connectivity index (χ0n) is 18.5. The average molecular weight is 441 g/mol. The summed E-state index contributed by atoms with van der Waals surface area (Å²) >= 11 is 0. The van der Waals surface area contributed by atoms with E-state index >= 15 is 0 Å². The number of sulfonamides is 1. The van der Waals surface area contributed by atoms with E-state index in [1.54, 1.807) is 0 Å². The van der Waals surface area contributed by atoms with E-state index in [9.17, 15) is 13.2 Å². The minimum Gasteiger partial charge on any atom is -0.341 e. The quantitative estimate of drug-likeness (QED) is 0.714. The molecule has 0 saturated carbocycles. The number of likely N-dealkylation sites (tertiary alicyclic amines) is 1. The third-order valence-corrected chi connectivity index (χ3v) is 8.04. The Hall–Kier alpha value is -2.18. The van der Waals surface area contributed by atoms with Crippen molar-refractivity contribution in [3.63, 3.8) is 0 Å². The second kappa shape index (κ2) is 9.13. The molecule has 0 radical (unpaired) electrons. The van der Waals surface area contributed by atoms with Crippen molar-refractivity contribution < 1.29 is 13.2 Å². The molecule has 0 spiro atoms. The molecule has 6 heteroatoms. The lowest BCUT2D eigenvalue weighted by atomic mass is 9.89.